The van der Waals surface area contributed by atoms with Crippen LogP contribution in [0.2, 0.25) is 0 Å². The average molecular weight is 1920 g/mol. The molecule has 1 aromatic carbocycles. The first kappa shape index (κ1) is 133. The van der Waals surface area contributed by atoms with Gasteiger partial charge >= 0.3 is 0 Å². The molecule has 0 heteroatoms. The second-order valence-electron chi connectivity index (χ2n) is 45.8. The molecule has 0 aliphatic heterocycles. The van der Waals surface area contributed by atoms with Gasteiger partial charge in [-0.05, 0) is 268 Å². The topological polar surface area (TPSA) is 0 Å². The SMILES string of the molecule is CCCCC/C=C/C/C=C(/CCCCCCCC)C(CC/C=C/CCCCC)CCCCCCCC.CCCCC/C=C/CC1C(CCCCCC)C=CC(CCCCCCC)C1CCCCCCC.CCCCCCCC1C=CC2CC(CCCCC)C(CCCCC)C=C2C1CCCCCCC.CCCCCCCCc1c(CCCCCC)ccc(CCCCCCC)c1CCCCCCC.[HH]. The van der Waals surface area contributed by atoms with Crippen LogP contribution in [-0.2, 0) is 25.7 Å². The van der Waals surface area contributed by atoms with Gasteiger partial charge in [0, 0.05) is 1.43 Å². The number of hydrogen-bond donors (Lipinski definition) is 0. The maximum atomic E-state index is 2.89. The van der Waals surface area contributed by atoms with Crippen LogP contribution >= 0.6 is 0 Å². The van der Waals surface area contributed by atoms with E-state index in [0.29, 0.717) is 0 Å². The number of allylic oxidation sites excluding steroid dienone is 14. The summed E-state index contributed by atoms with van der Waals surface area (Å²) < 4.78 is 0. The Morgan fingerprint density at radius 2 is 0.572 bits per heavy atom. The molecular formula is C138H258. The molecule has 0 N–H and O–H groups in total. The van der Waals surface area contributed by atoms with Crippen molar-refractivity contribution in [2.24, 2.45) is 59.2 Å². The summed E-state index contributed by atoms with van der Waals surface area (Å²) in [5.41, 5.74) is 10.7. The highest BCUT2D eigenvalue weighted by Gasteiger charge is 2.38. The van der Waals surface area contributed by atoms with Crippen LogP contribution < -0.4 is 0 Å². The number of hydrogen-bond acceptors (Lipinski definition) is 0. The Bertz CT molecular complexity index is 2850. The van der Waals surface area contributed by atoms with Crippen molar-refractivity contribution in [2.75, 3.05) is 0 Å². The molecule has 3 aliphatic carbocycles. The summed E-state index contributed by atoms with van der Waals surface area (Å²) >= 11 is 0. The van der Waals surface area contributed by atoms with Crippen LogP contribution in [0.15, 0.2) is 96.2 Å². The lowest BCUT2D eigenvalue weighted by molar-refractivity contribution is 0.159. The third-order valence-corrected chi connectivity index (χ3v) is 33.1. The van der Waals surface area contributed by atoms with Gasteiger partial charge < -0.3 is 0 Å². The maximum Gasteiger partial charge on any atom is 0 e. The third kappa shape index (κ3) is 73.5. The van der Waals surface area contributed by atoms with Gasteiger partial charge in [0.05, 0.1) is 0 Å². The van der Waals surface area contributed by atoms with E-state index in [-0.39, 0.29) is 1.43 Å². The monoisotopic (exact) mass is 1920 g/mol. The predicted octanol–water partition coefficient (Wildman–Crippen LogP) is 49.5. The summed E-state index contributed by atoms with van der Waals surface area (Å²) in [6.45, 7) is 37.3. The van der Waals surface area contributed by atoms with E-state index in [1.54, 1.807) is 27.8 Å². The molecule has 10 unspecified atom stereocenters. The average Bonchev–Trinajstić information content (AvgIpc) is 0.779. The Hall–Kier alpha value is -2.60. The molecule has 10 atom stereocenters. The summed E-state index contributed by atoms with van der Waals surface area (Å²) in [6, 6.07) is 5.11. The lowest BCUT2D eigenvalue weighted by atomic mass is 9.62. The Kier molecular flexibility index (Phi) is 101. The highest BCUT2D eigenvalue weighted by Crippen LogP contribution is 2.50. The zero-order chi connectivity index (χ0) is 100. The van der Waals surface area contributed by atoms with Crippen molar-refractivity contribution in [3.63, 3.8) is 0 Å². The largest absolute Gasteiger partial charge is 0.0885 e. The summed E-state index contributed by atoms with van der Waals surface area (Å²) in [5.74, 6) is 8.55. The molecule has 0 saturated heterocycles. The molecule has 3 aliphatic rings. The molecule has 0 radical (unpaired) electrons. The summed E-state index contributed by atoms with van der Waals surface area (Å²) in [6.07, 6.45) is 160. The Balaban J connectivity index is 0.00000182. The van der Waals surface area contributed by atoms with E-state index in [0.717, 1.165) is 65.6 Å². The smallest absolute Gasteiger partial charge is 0 e. The lowest BCUT2D eigenvalue weighted by Gasteiger charge is -2.42. The quantitative estimate of drug-likeness (QED) is 0.0450. The molecule has 0 saturated carbocycles. The highest BCUT2D eigenvalue weighted by molar-refractivity contribution is 5.42. The zero-order valence-corrected chi connectivity index (χ0v) is 97.9. The van der Waals surface area contributed by atoms with Crippen LogP contribution in [-0.4, -0.2) is 0 Å². The van der Waals surface area contributed by atoms with Crippen LogP contribution in [0.25, 0.3) is 0 Å². The first-order valence-corrected chi connectivity index (χ1v) is 64.9. The number of unbranched alkanes of at least 4 members (excludes halogenated alkanes) is 58. The van der Waals surface area contributed by atoms with E-state index in [1.165, 1.54) is 584 Å². The van der Waals surface area contributed by atoms with Gasteiger partial charge in [0.1, 0.15) is 0 Å². The predicted molar refractivity (Wildman–Crippen MR) is 637 cm³/mol. The van der Waals surface area contributed by atoms with Crippen molar-refractivity contribution >= 4 is 0 Å². The molecule has 0 fully saturated rings. The summed E-state index contributed by atoms with van der Waals surface area (Å²) in [4.78, 5) is 0. The van der Waals surface area contributed by atoms with Gasteiger partial charge in [0.25, 0.3) is 0 Å². The molecule has 0 spiro atoms. The van der Waals surface area contributed by atoms with E-state index >= 15 is 0 Å². The van der Waals surface area contributed by atoms with E-state index < -0.39 is 0 Å². The second kappa shape index (κ2) is 104. The van der Waals surface area contributed by atoms with Crippen molar-refractivity contribution in [3.05, 3.63) is 118 Å². The molecule has 0 nitrogen and oxygen atoms in total. The van der Waals surface area contributed by atoms with Crippen LogP contribution in [0.4, 0.5) is 0 Å². The van der Waals surface area contributed by atoms with Crippen LogP contribution in [0.5, 0.6) is 0 Å². The molecule has 0 heterocycles. The van der Waals surface area contributed by atoms with Crippen molar-refractivity contribution in [2.45, 2.75) is 701 Å². The minimum Gasteiger partial charge on any atom is -0.0885 e. The van der Waals surface area contributed by atoms with Gasteiger partial charge in [-0.3, -0.25) is 0 Å². The molecule has 0 aromatic heterocycles. The number of rotatable bonds is 95. The maximum absolute atomic E-state index is 2.89. The Morgan fingerprint density at radius 1 is 0.261 bits per heavy atom. The van der Waals surface area contributed by atoms with Crippen molar-refractivity contribution in [3.8, 4) is 0 Å². The van der Waals surface area contributed by atoms with E-state index in [9.17, 15) is 0 Å². The molecule has 0 amide bonds. The van der Waals surface area contributed by atoms with Crippen molar-refractivity contribution < 1.29 is 1.43 Å². The lowest BCUT2D eigenvalue weighted by Crippen LogP contribution is -2.31. The summed E-state index contributed by atoms with van der Waals surface area (Å²) in [7, 11) is 0. The first-order valence-electron chi connectivity index (χ1n) is 64.9. The second-order valence-corrected chi connectivity index (χ2v) is 45.8. The van der Waals surface area contributed by atoms with Crippen LogP contribution in [0.1, 0.15) is 699 Å². The minimum atomic E-state index is 0. The fourth-order valence-electron chi connectivity index (χ4n) is 24.0. The molecule has 138 heavy (non-hydrogen) atoms. The van der Waals surface area contributed by atoms with Gasteiger partial charge in [0.2, 0.25) is 0 Å². The van der Waals surface area contributed by atoms with Crippen LogP contribution in [0, 0.1) is 59.2 Å². The third-order valence-electron chi connectivity index (χ3n) is 33.1. The highest BCUT2D eigenvalue weighted by atomic mass is 14.4. The molecule has 0 bridgehead atoms. The standard InChI is InChI=1S/C36H68.C34H62.C34H64.C34H62.H2/c1-5-9-13-17-21-25-29-33-35(31-27-23-19-15-11-7-3)36(32-28-24-20-16-12-8-4)34-30-26-22-18-14-10-6-2;1-5-9-13-15-19-21-29-25-26-32-27-30(22-17-11-7-3)31(23-18-12-8-4)28-34(32)33(29)24-20-16-14-10-6-2;2*1-5-9-13-17-20-24-28-34-31(25-21-16-12-8-4)29-30-32(26-22-18-14-10-6-2)33(34)27-23-19-15-11-7-3;/h21-22,25-26,33,36H,5-20,23-24,27-32,34H2,1-4H3;25-26,28-33H,5-24,27H2,1-4H3;20,24,29-34H,5-19,21-23,25-28H2,1-4H3;29-30H,5-28H2,1-4H3;1H/b25-21+,26-22+,35-33-;;24-20+;;. The fourth-order valence-corrected chi connectivity index (χ4v) is 24.0. The van der Waals surface area contributed by atoms with Gasteiger partial charge in [-0.15, -0.1) is 0 Å². The summed E-state index contributed by atoms with van der Waals surface area (Å²) in [5, 5.41) is 0. The molecule has 4 rings (SSSR count). The van der Waals surface area contributed by atoms with E-state index in [1.807, 2.05) is 5.57 Å². The van der Waals surface area contributed by atoms with Gasteiger partial charge in [-0.25, -0.2) is 0 Å². The molecule has 810 valence electrons. The fraction of sp³-hybridized carbons (Fsp3) is 0.855. The van der Waals surface area contributed by atoms with Crippen molar-refractivity contribution in [1.29, 1.82) is 0 Å². The zero-order valence-electron chi connectivity index (χ0n) is 97.9. The number of fused-ring (bicyclic) bond motifs is 1. The van der Waals surface area contributed by atoms with Gasteiger partial charge in [-0.1, -0.05) is 611 Å². The molecular weight excluding hydrogens is 1660 g/mol. The van der Waals surface area contributed by atoms with E-state index in [4.69, 9.17) is 0 Å². The van der Waals surface area contributed by atoms with Gasteiger partial charge in [-0.2, -0.15) is 0 Å². The van der Waals surface area contributed by atoms with E-state index in [2.05, 4.69) is 196 Å². The van der Waals surface area contributed by atoms with Crippen molar-refractivity contribution in [1.82, 2.24) is 0 Å². The first-order chi connectivity index (χ1) is 68.1. The molecule has 1 aromatic rings. The Morgan fingerprint density at radius 3 is 1.03 bits per heavy atom. The number of aryl methyl sites for hydroxylation is 2. The van der Waals surface area contributed by atoms with Crippen LogP contribution in [0.3, 0.4) is 0 Å². The van der Waals surface area contributed by atoms with Gasteiger partial charge in [0.15, 0.2) is 0 Å². The normalized spacial score (nSPS) is 18.4. The Labute approximate surface area is 874 Å². The number of benzene rings is 1. The minimum absolute atomic E-state index is 0.